The van der Waals surface area contributed by atoms with Crippen LogP contribution in [0.1, 0.15) is 41.5 Å². The van der Waals surface area contributed by atoms with Crippen molar-refractivity contribution in [1.29, 1.82) is 0 Å². The summed E-state index contributed by atoms with van der Waals surface area (Å²) in [6, 6.07) is 11.4. The van der Waals surface area contributed by atoms with Gasteiger partial charge < -0.3 is 10.4 Å². The average molecular weight is 287 g/mol. The van der Waals surface area contributed by atoms with E-state index in [-0.39, 0.29) is 12.5 Å². The predicted octanol–water partition coefficient (Wildman–Crippen LogP) is 1.87. The van der Waals surface area contributed by atoms with E-state index in [1.807, 2.05) is 44.2 Å². The second kappa shape index (κ2) is 7.04. The van der Waals surface area contributed by atoms with Crippen LogP contribution < -0.4 is 5.32 Å². The van der Waals surface area contributed by atoms with Gasteiger partial charge in [0.1, 0.15) is 5.69 Å². The first kappa shape index (κ1) is 15.3. The van der Waals surface area contributed by atoms with Gasteiger partial charge in [0.2, 0.25) is 0 Å². The Labute approximate surface area is 124 Å². The van der Waals surface area contributed by atoms with Crippen molar-refractivity contribution in [2.24, 2.45) is 0 Å². The minimum Gasteiger partial charge on any atom is -0.391 e. The van der Waals surface area contributed by atoms with E-state index >= 15 is 0 Å². The number of hydrogen-bond donors (Lipinski definition) is 3. The number of carbonyl (C=O) groups excluding carboxylic acids is 1. The summed E-state index contributed by atoms with van der Waals surface area (Å²) in [6.45, 7) is 4.26. The molecular weight excluding hydrogens is 266 g/mol. The quantitative estimate of drug-likeness (QED) is 0.759. The van der Waals surface area contributed by atoms with Gasteiger partial charge in [0, 0.05) is 18.7 Å². The molecule has 0 saturated carbocycles. The van der Waals surface area contributed by atoms with Crippen molar-refractivity contribution in [3.63, 3.8) is 0 Å². The third-order valence-electron chi connectivity index (χ3n) is 3.26. The lowest BCUT2D eigenvalue weighted by Crippen LogP contribution is -2.33. The smallest absolute Gasteiger partial charge is 0.271 e. The Hall–Kier alpha value is -2.14. The molecule has 1 amide bonds. The molecule has 1 aromatic carbocycles. The van der Waals surface area contributed by atoms with Crippen molar-refractivity contribution in [2.45, 2.75) is 32.3 Å². The molecule has 1 heterocycles. The zero-order valence-corrected chi connectivity index (χ0v) is 12.3. The number of aliphatic hydroxyl groups is 1. The summed E-state index contributed by atoms with van der Waals surface area (Å²) in [5, 5.41) is 19.5. The number of hydrogen-bond acceptors (Lipinski definition) is 3. The largest absolute Gasteiger partial charge is 0.391 e. The molecule has 0 radical (unpaired) electrons. The van der Waals surface area contributed by atoms with Gasteiger partial charge in [-0.2, -0.15) is 5.10 Å². The van der Waals surface area contributed by atoms with Crippen molar-refractivity contribution in [3.05, 3.63) is 53.3 Å². The molecule has 5 nitrogen and oxygen atoms in total. The van der Waals surface area contributed by atoms with Crippen LogP contribution in [0.15, 0.2) is 36.4 Å². The number of aromatic amines is 1. The van der Waals surface area contributed by atoms with Crippen molar-refractivity contribution in [3.8, 4) is 0 Å². The van der Waals surface area contributed by atoms with Gasteiger partial charge in [0.25, 0.3) is 5.91 Å². The normalized spacial score (nSPS) is 12.4. The summed E-state index contributed by atoms with van der Waals surface area (Å²) in [4.78, 5) is 11.9. The topological polar surface area (TPSA) is 78.0 Å². The van der Waals surface area contributed by atoms with Crippen LogP contribution in [0.2, 0.25) is 0 Å². The second-order valence-corrected chi connectivity index (χ2v) is 5.42. The second-order valence-electron chi connectivity index (χ2n) is 5.42. The summed E-state index contributed by atoms with van der Waals surface area (Å²) in [5.74, 6) is 0.0213. The Morgan fingerprint density at radius 2 is 2.05 bits per heavy atom. The lowest BCUT2D eigenvalue weighted by atomic mass is 10.1. The first-order valence-electron chi connectivity index (χ1n) is 7.11. The Morgan fingerprint density at radius 1 is 1.33 bits per heavy atom. The number of H-pyrrole nitrogens is 1. The molecule has 0 aliphatic carbocycles. The monoisotopic (exact) mass is 287 g/mol. The van der Waals surface area contributed by atoms with Crippen molar-refractivity contribution in [1.82, 2.24) is 15.5 Å². The van der Waals surface area contributed by atoms with E-state index in [4.69, 9.17) is 0 Å². The molecule has 0 bridgehead atoms. The fraction of sp³-hybridized carbons (Fsp3) is 0.375. The SMILES string of the molecule is CC(C)c1cc(C(=O)NCC(O)Cc2ccccc2)n[nH]1. The van der Waals surface area contributed by atoms with E-state index in [1.165, 1.54) is 0 Å². The van der Waals surface area contributed by atoms with Crippen LogP contribution >= 0.6 is 0 Å². The molecule has 1 aromatic heterocycles. The van der Waals surface area contributed by atoms with Crippen LogP contribution in [-0.2, 0) is 6.42 Å². The van der Waals surface area contributed by atoms with E-state index in [9.17, 15) is 9.90 Å². The Morgan fingerprint density at radius 3 is 2.67 bits per heavy atom. The number of nitrogens with one attached hydrogen (secondary N) is 2. The van der Waals surface area contributed by atoms with Gasteiger partial charge >= 0.3 is 0 Å². The van der Waals surface area contributed by atoms with Crippen LogP contribution in [0, 0.1) is 0 Å². The highest BCUT2D eigenvalue weighted by Crippen LogP contribution is 2.11. The Balaban J connectivity index is 1.83. The Bertz CT molecular complexity index is 578. The van der Waals surface area contributed by atoms with Crippen LogP contribution in [-0.4, -0.2) is 33.9 Å². The minimum atomic E-state index is -0.611. The first-order valence-corrected chi connectivity index (χ1v) is 7.11. The highest BCUT2D eigenvalue weighted by Gasteiger charge is 2.13. The fourth-order valence-electron chi connectivity index (χ4n) is 2.01. The zero-order valence-electron chi connectivity index (χ0n) is 12.3. The summed E-state index contributed by atoms with van der Waals surface area (Å²) < 4.78 is 0. The lowest BCUT2D eigenvalue weighted by Gasteiger charge is -2.11. The van der Waals surface area contributed by atoms with Crippen LogP contribution in [0.4, 0.5) is 0 Å². The number of amides is 1. The molecule has 0 saturated heterocycles. The van der Waals surface area contributed by atoms with E-state index in [1.54, 1.807) is 6.07 Å². The molecule has 0 aliphatic heterocycles. The average Bonchev–Trinajstić information content (AvgIpc) is 2.96. The molecule has 0 fully saturated rings. The van der Waals surface area contributed by atoms with E-state index in [2.05, 4.69) is 15.5 Å². The zero-order chi connectivity index (χ0) is 15.2. The van der Waals surface area contributed by atoms with E-state index in [0.717, 1.165) is 11.3 Å². The van der Waals surface area contributed by atoms with Gasteiger partial charge in [-0.1, -0.05) is 44.2 Å². The van der Waals surface area contributed by atoms with Crippen molar-refractivity contribution in [2.75, 3.05) is 6.54 Å². The molecule has 1 atom stereocenters. The van der Waals surface area contributed by atoms with Crippen LogP contribution in [0.5, 0.6) is 0 Å². The molecule has 0 aliphatic rings. The van der Waals surface area contributed by atoms with Crippen LogP contribution in [0.25, 0.3) is 0 Å². The third kappa shape index (κ3) is 4.43. The number of aliphatic hydroxyl groups excluding tert-OH is 1. The molecule has 2 rings (SSSR count). The Kier molecular flexibility index (Phi) is 5.11. The standard InChI is InChI=1S/C16H21N3O2/c1-11(2)14-9-15(19-18-14)16(21)17-10-13(20)8-12-6-4-3-5-7-12/h3-7,9,11,13,20H,8,10H2,1-2H3,(H,17,21)(H,18,19). The number of nitrogens with zero attached hydrogens (tertiary/aromatic N) is 1. The summed E-state index contributed by atoms with van der Waals surface area (Å²) >= 11 is 0. The summed E-state index contributed by atoms with van der Waals surface area (Å²) in [7, 11) is 0. The van der Waals surface area contributed by atoms with Gasteiger partial charge in [-0.15, -0.1) is 0 Å². The lowest BCUT2D eigenvalue weighted by molar-refractivity contribution is 0.0911. The molecule has 1 unspecified atom stereocenters. The molecule has 3 N–H and O–H groups in total. The van der Waals surface area contributed by atoms with Crippen molar-refractivity contribution < 1.29 is 9.90 Å². The van der Waals surface area contributed by atoms with Crippen LogP contribution in [0.3, 0.4) is 0 Å². The maximum atomic E-state index is 11.9. The van der Waals surface area contributed by atoms with Crippen molar-refractivity contribution >= 4 is 5.91 Å². The maximum Gasteiger partial charge on any atom is 0.271 e. The highest BCUT2D eigenvalue weighted by molar-refractivity contribution is 5.92. The molecular formula is C16H21N3O2. The van der Waals surface area contributed by atoms with Gasteiger partial charge in [0.05, 0.1) is 6.10 Å². The highest BCUT2D eigenvalue weighted by atomic mass is 16.3. The summed E-state index contributed by atoms with van der Waals surface area (Å²) in [6.07, 6.45) is -0.0984. The fourth-order valence-corrected chi connectivity index (χ4v) is 2.01. The van der Waals surface area contributed by atoms with Gasteiger partial charge in [-0.05, 0) is 17.5 Å². The minimum absolute atomic E-state index is 0.206. The number of aromatic nitrogens is 2. The summed E-state index contributed by atoms with van der Waals surface area (Å²) in [5.41, 5.74) is 2.32. The number of carbonyl (C=O) groups is 1. The van der Waals surface area contributed by atoms with E-state index < -0.39 is 6.10 Å². The number of rotatable bonds is 6. The molecule has 0 spiro atoms. The van der Waals surface area contributed by atoms with Gasteiger partial charge in [-0.3, -0.25) is 9.89 Å². The molecule has 21 heavy (non-hydrogen) atoms. The predicted molar refractivity (Wildman–Crippen MR) is 81.2 cm³/mol. The molecule has 5 heteroatoms. The molecule has 112 valence electrons. The van der Waals surface area contributed by atoms with E-state index in [0.29, 0.717) is 18.0 Å². The van der Waals surface area contributed by atoms with Gasteiger partial charge in [0.15, 0.2) is 0 Å². The maximum absolute atomic E-state index is 11.9. The van der Waals surface area contributed by atoms with Gasteiger partial charge in [-0.25, -0.2) is 0 Å². The number of benzene rings is 1. The third-order valence-corrected chi connectivity index (χ3v) is 3.26. The molecule has 2 aromatic rings. The first-order chi connectivity index (χ1) is 10.1.